The number of sulfonamides is 1. The minimum Gasteiger partial charge on any atom is -0.494 e. The first-order chi connectivity index (χ1) is 9.42. The van der Waals surface area contributed by atoms with Crippen LogP contribution in [0.15, 0.2) is 46.0 Å². The smallest absolute Gasteiger partial charge is 0.262 e. The third-order valence-electron chi connectivity index (χ3n) is 2.41. The molecular formula is C12H10BrFN2O3S. The average molecular weight is 361 g/mol. The molecule has 1 aromatic heterocycles. The van der Waals surface area contributed by atoms with Crippen LogP contribution < -0.4 is 9.46 Å². The van der Waals surface area contributed by atoms with Gasteiger partial charge in [-0.25, -0.2) is 17.8 Å². The number of ether oxygens (including phenoxy) is 1. The van der Waals surface area contributed by atoms with Crippen molar-refractivity contribution in [2.75, 3.05) is 11.8 Å². The number of hydrogen-bond donors (Lipinski definition) is 1. The second kappa shape index (κ2) is 5.76. The molecule has 0 radical (unpaired) electrons. The Labute approximate surface area is 124 Å². The van der Waals surface area contributed by atoms with Crippen LogP contribution in [-0.4, -0.2) is 20.5 Å². The van der Waals surface area contributed by atoms with Gasteiger partial charge in [0.25, 0.3) is 10.0 Å². The summed E-state index contributed by atoms with van der Waals surface area (Å²) < 4.78 is 45.3. The lowest BCUT2D eigenvalue weighted by atomic mass is 10.3. The van der Waals surface area contributed by atoms with Gasteiger partial charge in [-0.2, -0.15) is 0 Å². The number of methoxy groups -OCH3 is 1. The molecule has 5 nitrogen and oxygen atoms in total. The Balaban J connectivity index is 2.30. The summed E-state index contributed by atoms with van der Waals surface area (Å²) in [5.41, 5.74) is 0.282. The molecule has 0 unspecified atom stereocenters. The standard InChI is InChI=1S/C12H10BrFN2O3S/c1-19-11-4-3-9(6-10(11)14)20(17,18)16-8-2-5-12(13)15-7-8/h2-7,16H,1H3. The van der Waals surface area contributed by atoms with E-state index >= 15 is 0 Å². The third-order valence-corrected chi connectivity index (χ3v) is 4.26. The molecule has 1 heterocycles. The number of anilines is 1. The SMILES string of the molecule is COc1ccc(S(=O)(=O)Nc2ccc(Br)nc2)cc1F. The minimum absolute atomic E-state index is 0.0192. The van der Waals surface area contributed by atoms with Crippen molar-refractivity contribution in [3.05, 3.63) is 46.9 Å². The van der Waals surface area contributed by atoms with Gasteiger partial charge >= 0.3 is 0 Å². The fourth-order valence-corrected chi connectivity index (χ4v) is 2.75. The van der Waals surface area contributed by atoms with Gasteiger partial charge < -0.3 is 4.74 Å². The van der Waals surface area contributed by atoms with Crippen molar-refractivity contribution < 1.29 is 17.5 Å². The number of rotatable bonds is 4. The summed E-state index contributed by atoms with van der Waals surface area (Å²) in [7, 11) is -2.57. The average Bonchev–Trinajstić information content (AvgIpc) is 2.41. The molecule has 0 fully saturated rings. The number of hydrogen-bond acceptors (Lipinski definition) is 4. The molecule has 0 saturated heterocycles. The number of benzene rings is 1. The van der Waals surface area contributed by atoms with E-state index in [1.807, 2.05) is 0 Å². The molecule has 1 aromatic carbocycles. The largest absolute Gasteiger partial charge is 0.494 e. The van der Waals surface area contributed by atoms with Gasteiger partial charge in [0.05, 0.1) is 23.9 Å². The summed E-state index contributed by atoms with van der Waals surface area (Å²) in [6.07, 6.45) is 1.35. The van der Waals surface area contributed by atoms with E-state index < -0.39 is 15.8 Å². The van der Waals surface area contributed by atoms with Crippen LogP contribution in [0.2, 0.25) is 0 Å². The highest BCUT2D eigenvalue weighted by Gasteiger charge is 2.17. The van der Waals surface area contributed by atoms with Gasteiger partial charge in [-0.1, -0.05) is 0 Å². The van der Waals surface area contributed by atoms with E-state index in [4.69, 9.17) is 4.74 Å². The van der Waals surface area contributed by atoms with Crippen LogP contribution in [0.3, 0.4) is 0 Å². The van der Waals surface area contributed by atoms with Crippen LogP contribution in [0, 0.1) is 5.82 Å². The fraction of sp³-hybridized carbons (Fsp3) is 0.0833. The van der Waals surface area contributed by atoms with E-state index in [0.717, 1.165) is 6.07 Å². The van der Waals surface area contributed by atoms with Crippen LogP contribution >= 0.6 is 15.9 Å². The second-order valence-corrected chi connectivity index (χ2v) is 6.27. The molecule has 0 aliphatic rings. The van der Waals surface area contributed by atoms with Crippen molar-refractivity contribution in [2.45, 2.75) is 4.90 Å². The van der Waals surface area contributed by atoms with Crippen LogP contribution in [0.1, 0.15) is 0 Å². The number of nitrogens with zero attached hydrogens (tertiary/aromatic N) is 1. The highest BCUT2D eigenvalue weighted by Crippen LogP contribution is 2.22. The third kappa shape index (κ3) is 3.26. The zero-order chi connectivity index (χ0) is 14.8. The van der Waals surface area contributed by atoms with E-state index in [9.17, 15) is 12.8 Å². The Morgan fingerprint density at radius 1 is 1.30 bits per heavy atom. The predicted molar refractivity (Wildman–Crippen MR) is 75.7 cm³/mol. The normalized spacial score (nSPS) is 11.2. The first-order valence-corrected chi connectivity index (χ1v) is 7.68. The van der Waals surface area contributed by atoms with Gasteiger partial charge in [0.2, 0.25) is 0 Å². The lowest BCUT2D eigenvalue weighted by Crippen LogP contribution is -2.13. The van der Waals surface area contributed by atoms with Gasteiger partial charge in [-0.05, 0) is 46.3 Å². The Hall–Kier alpha value is -1.67. The lowest BCUT2D eigenvalue weighted by Gasteiger charge is -2.09. The molecule has 0 spiro atoms. The maximum Gasteiger partial charge on any atom is 0.262 e. The van der Waals surface area contributed by atoms with Crippen molar-refractivity contribution in [1.29, 1.82) is 0 Å². The second-order valence-electron chi connectivity index (χ2n) is 3.77. The van der Waals surface area contributed by atoms with E-state index in [1.165, 1.54) is 31.5 Å². The summed E-state index contributed by atoms with van der Waals surface area (Å²) in [4.78, 5) is 3.70. The van der Waals surface area contributed by atoms with Gasteiger partial charge in [-0.3, -0.25) is 4.72 Å². The van der Waals surface area contributed by atoms with Crippen molar-refractivity contribution in [1.82, 2.24) is 4.98 Å². The molecular weight excluding hydrogens is 351 g/mol. The first kappa shape index (κ1) is 14.7. The Morgan fingerprint density at radius 2 is 2.05 bits per heavy atom. The number of halogens is 2. The van der Waals surface area contributed by atoms with E-state index in [-0.39, 0.29) is 16.3 Å². The van der Waals surface area contributed by atoms with Gasteiger partial charge in [-0.15, -0.1) is 0 Å². The number of aromatic nitrogens is 1. The van der Waals surface area contributed by atoms with Crippen LogP contribution in [0.4, 0.5) is 10.1 Å². The lowest BCUT2D eigenvalue weighted by molar-refractivity contribution is 0.385. The highest BCUT2D eigenvalue weighted by atomic mass is 79.9. The van der Waals surface area contributed by atoms with Crippen molar-refractivity contribution in [3.8, 4) is 5.75 Å². The molecule has 8 heteroatoms. The molecule has 20 heavy (non-hydrogen) atoms. The van der Waals surface area contributed by atoms with Crippen LogP contribution in [0.5, 0.6) is 5.75 Å². The van der Waals surface area contributed by atoms with Crippen LogP contribution in [0.25, 0.3) is 0 Å². The Bertz CT molecular complexity index is 720. The van der Waals surface area contributed by atoms with Crippen LogP contribution in [-0.2, 0) is 10.0 Å². The van der Waals surface area contributed by atoms with Gasteiger partial charge in [0, 0.05) is 0 Å². The Morgan fingerprint density at radius 3 is 2.60 bits per heavy atom. The maximum atomic E-state index is 13.5. The molecule has 0 atom stereocenters. The van der Waals surface area contributed by atoms with Crippen molar-refractivity contribution in [2.24, 2.45) is 0 Å². The Kier molecular flexibility index (Phi) is 4.24. The van der Waals surface area contributed by atoms with E-state index in [1.54, 1.807) is 6.07 Å². The molecule has 0 saturated carbocycles. The van der Waals surface area contributed by atoms with Crippen molar-refractivity contribution in [3.63, 3.8) is 0 Å². The quantitative estimate of drug-likeness (QED) is 0.851. The zero-order valence-electron chi connectivity index (χ0n) is 10.3. The van der Waals surface area contributed by atoms with E-state index in [0.29, 0.717) is 4.60 Å². The molecule has 0 amide bonds. The summed E-state index contributed by atoms with van der Waals surface area (Å²) in [5.74, 6) is -0.765. The summed E-state index contributed by atoms with van der Waals surface area (Å²) >= 11 is 3.14. The van der Waals surface area contributed by atoms with Gasteiger partial charge in [0.1, 0.15) is 4.60 Å². The molecule has 0 bridgehead atoms. The summed E-state index contributed by atoms with van der Waals surface area (Å²) in [6, 6.07) is 6.54. The molecule has 0 aliphatic heterocycles. The summed E-state index contributed by atoms with van der Waals surface area (Å²) in [5, 5.41) is 0. The monoisotopic (exact) mass is 360 g/mol. The predicted octanol–water partition coefficient (Wildman–Crippen LogP) is 2.79. The van der Waals surface area contributed by atoms with E-state index in [2.05, 4.69) is 25.6 Å². The number of nitrogens with one attached hydrogen (secondary N) is 1. The van der Waals surface area contributed by atoms with Gasteiger partial charge in [0.15, 0.2) is 11.6 Å². The van der Waals surface area contributed by atoms with Crippen molar-refractivity contribution >= 4 is 31.6 Å². The molecule has 106 valence electrons. The minimum atomic E-state index is -3.87. The maximum absolute atomic E-state index is 13.5. The topological polar surface area (TPSA) is 68.3 Å². The zero-order valence-corrected chi connectivity index (χ0v) is 12.7. The highest BCUT2D eigenvalue weighted by molar-refractivity contribution is 9.10. The molecule has 2 aromatic rings. The molecule has 1 N–H and O–H groups in total. The first-order valence-electron chi connectivity index (χ1n) is 5.40. The molecule has 0 aliphatic carbocycles. The fourth-order valence-electron chi connectivity index (χ4n) is 1.46. The summed E-state index contributed by atoms with van der Waals surface area (Å²) in [6.45, 7) is 0. The molecule has 2 rings (SSSR count). The number of pyridine rings is 1.